The molecule has 0 aromatic carbocycles. The molecule has 3 atom stereocenters. The largest absolute Gasteiger partial charge is 0.387 e. The van der Waals surface area contributed by atoms with Crippen LogP contribution in [0.1, 0.15) is 25.7 Å². The number of carbonyl (C=O) groups is 2. The number of amides is 2. The lowest BCUT2D eigenvalue weighted by Gasteiger charge is -2.37. The molecule has 0 aromatic rings. The quantitative estimate of drug-likeness (QED) is 0.770. The fourth-order valence-electron chi connectivity index (χ4n) is 4.06. The summed E-state index contributed by atoms with van der Waals surface area (Å²) < 4.78 is 0. The Kier molecular flexibility index (Phi) is 3.48. The molecule has 3 fully saturated rings. The molecule has 0 radical (unpaired) electrons. The van der Waals surface area contributed by atoms with E-state index in [0.717, 1.165) is 12.3 Å². The predicted octanol–water partition coefficient (Wildman–Crippen LogP) is 0.0857. The van der Waals surface area contributed by atoms with E-state index in [2.05, 4.69) is 0 Å². The van der Waals surface area contributed by atoms with E-state index in [1.165, 1.54) is 19.3 Å². The Morgan fingerprint density at radius 1 is 1.00 bits per heavy atom. The maximum Gasteiger partial charge on any atom is 0.248 e. The number of hydrogen-bond donors (Lipinski definition) is 1. The van der Waals surface area contributed by atoms with Gasteiger partial charge in [-0.3, -0.25) is 9.59 Å². The Balaban J connectivity index is 1.54. The molecular weight excluding hydrogens is 244 g/mol. The summed E-state index contributed by atoms with van der Waals surface area (Å²) in [5, 5.41) is 8.83. The molecule has 1 aliphatic heterocycles. The smallest absolute Gasteiger partial charge is 0.248 e. The zero-order valence-electron chi connectivity index (χ0n) is 11.3. The molecule has 2 bridgehead atoms. The van der Waals surface area contributed by atoms with Crippen molar-refractivity contribution in [3.05, 3.63) is 0 Å². The molecule has 1 N–H and O–H groups in total. The van der Waals surface area contributed by atoms with Crippen LogP contribution in [0, 0.1) is 17.8 Å². The van der Waals surface area contributed by atoms with Gasteiger partial charge in [-0.1, -0.05) is 6.42 Å². The van der Waals surface area contributed by atoms with Gasteiger partial charge in [-0.15, -0.1) is 0 Å². The number of rotatable bonds is 2. The Morgan fingerprint density at radius 3 is 2.21 bits per heavy atom. The molecular formula is C14H22N2O3. The summed E-state index contributed by atoms with van der Waals surface area (Å²) in [7, 11) is 0. The fraction of sp³-hybridized carbons (Fsp3) is 0.857. The zero-order chi connectivity index (χ0) is 13.4. The summed E-state index contributed by atoms with van der Waals surface area (Å²) in [5.41, 5.74) is 0. The summed E-state index contributed by atoms with van der Waals surface area (Å²) in [6, 6.07) is 0. The van der Waals surface area contributed by atoms with Crippen LogP contribution in [0.2, 0.25) is 0 Å². The zero-order valence-corrected chi connectivity index (χ0v) is 11.3. The molecule has 1 saturated heterocycles. The highest BCUT2D eigenvalue weighted by molar-refractivity contribution is 5.81. The number of hydrogen-bond acceptors (Lipinski definition) is 3. The van der Waals surface area contributed by atoms with Crippen molar-refractivity contribution >= 4 is 11.8 Å². The number of carbonyl (C=O) groups excluding carboxylic acids is 2. The van der Waals surface area contributed by atoms with Gasteiger partial charge >= 0.3 is 0 Å². The second kappa shape index (κ2) is 5.12. The summed E-state index contributed by atoms with van der Waals surface area (Å²) in [6.45, 7) is 1.94. The molecule has 19 heavy (non-hydrogen) atoms. The lowest BCUT2D eigenvalue weighted by molar-refractivity contribution is -0.144. The maximum absolute atomic E-state index is 12.5. The third kappa shape index (κ3) is 2.36. The first-order chi connectivity index (χ1) is 9.19. The first-order valence-electron chi connectivity index (χ1n) is 7.36. The van der Waals surface area contributed by atoms with Gasteiger partial charge in [0.15, 0.2) is 0 Å². The van der Waals surface area contributed by atoms with Crippen molar-refractivity contribution in [2.75, 3.05) is 32.8 Å². The maximum atomic E-state index is 12.5. The van der Waals surface area contributed by atoms with E-state index in [1.54, 1.807) is 4.90 Å². The topological polar surface area (TPSA) is 60.9 Å². The van der Waals surface area contributed by atoms with Crippen LogP contribution in [-0.4, -0.2) is 59.5 Å². The van der Waals surface area contributed by atoms with E-state index in [-0.39, 0.29) is 11.8 Å². The average molecular weight is 266 g/mol. The molecule has 106 valence electrons. The van der Waals surface area contributed by atoms with Crippen molar-refractivity contribution in [2.24, 2.45) is 17.8 Å². The van der Waals surface area contributed by atoms with Crippen molar-refractivity contribution < 1.29 is 14.7 Å². The molecule has 0 spiro atoms. The molecule has 3 aliphatic rings. The SMILES string of the molecule is O=C(CO)N1CCN(C(=O)C2CC3CCC2C3)CC1. The van der Waals surface area contributed by atoms with E-state index in [1.807, 2.05) is 4.90 Å². The Labute approximate surface area is 113 Å². The highest BCUT2D eigenvalue weighted by Gasteiger charge is 2.44. The van der Waals surface area contributed by atoms with Gasteiger partial charge in [-0.2, -0.15) is 0 Å². The van der Waals surface area contributed by atoms with Crippen LogP contribution in [0.25, 0.3) is 0 Å². The van der Waals surface area contributed by atoms with Gasteiger partial charge in [-0.25, -0.2) is 0 Å². The van der Waals surface area contributed by atoms with Crippen LogP contribution in [0.4, 0.5) is 0 Å². The molecule has 2 aliphatic carbocycles. The highest BCUT2D eigenvalue weighted by atomic mass is 16.3. The van der Waals surface area contributed by atoms with E-state index in [9.17, 15) is 9.59 Å². The molecule has 2 amide bonds. The van der Waals surface area contributed by atoms with Crippen molar-refractivity contribution in [3.63, 3.8) is 0 Å². The standard InChI is InChI=1S/C14H22N2O3/c17-9-13(18)15-3-5-16(6-4-15)14(19)12-8-10-1-2-11(12)7-10/h10-12,17H,1-9H2. The van der Waals surface area contributed by atoms with Gasteiger partial charge in [0.1, 0.15) is 6.61 Å². The van der Waals surface area contributed by atoms with Crippen molar-refractivity contribution in [3.8, 4) is 0 Å². The normalized spacial score (nSPS) is 33.8. The predicted molar refractivity (Wildman–Crippen MR) is 69.2 cm³/mol. The van der Waals surface area contributed by atoms with Crippen LogP contribution in [0.3, 0.4) is 0 Å². The second-order valence-corrected chi connectivity index (χ2v) is 6.15. The second-order valence-electron chi connectivity index (χ2n) is 6.15. The fourth-order valence-corrected chi connectivity index (χ4v) is 4.06. The van der Waals surface area contributed by atoms with Crippen molar-refractivity contribution in [1.82, 2.24) is 9.80 Å². The lowest BCUT2D eigenvalue weighted by Crippen LogP contribution is -2.52. The average Bonchev–Trinajstić information content (AvgIpc) is 3.08. The first kappa shape index (κ1) is 12.9. The van der Waals surface area contributed by atoms with E-state index >= 15 is 0 Å². The monoisotopic (exact) mass is 266 g/mol. The minimum absolute atomic E-state index is 0.230. The summed E-state index contributed by atoms with van der Waals surface area (Å²) in [5.74, 6) is 1.74. The van der Waals surface area contributed by atoms with Crippen molar-refractivity contribution in [2.45, 2.75) is 25.7 Å². The van der Waals surface area contributed by atoms with Gasteiger partial charge in [0.2, 0.25) is 11.8 Å². The minimum Gasteiger partial charge on any atom is -0.387 e. The van der Waals surface area contributed by atoms with Crippen molar-refractivity contribution in [1.29, 1.82) is 0 Å². The molecule has 3 rings (SSSR count). The number of aliphatic hydroxyl groups is 1. The van der Waals surface area contributed by atoms with E-state index < -0.39 is 6.61 Å². The molecule has 3 unspecified atom stereocenters. The summed E-state index contributed by atoms with van der Waals surface area (Å²) in [4.78, 5) is 27.5. The summed E-state index contributed by atoms with van der Waals surface area (Å²) in [6.07, 6.45) is 4.87. The Bertz CT molecular complexity index is 377. The minimum atomic E-state index is -0.430. The Morgan fingerprint density at radius 2 is 1.68 bits per heavy atom. The number of nitrogens with zero attached hydrogens (tertiary/aromatic N) is 2. The van der Waals surface area contributed by atoms with E-state index in [0.29, 0.717) is 38.0 Å². The molecule has 5 heteroatoms. The van der Waals surface area contributed by atoms with Crippen LogP contribution < -0.4 is 0 Å². The number of aliphatic hydroxyl groups excluding tert-OH is 1. The molecule has 5 nitrogen and oxygen atoms in total. The summed E-state index contributed by atoms with van der Waals surface area (Å²) >= 11 is 0. The lowest BCUT2D eigenvalue weighted by atomic mass is 9.87. The van der Waals surface area contributed by atoms with Gasteiger partial charge in [0.25, 0.3) is 0 Å². The van der Waals surface area contributed by atoms with E-state index in [4.69, 9.17) is 5.11 Å². The molecule has 0 aromatic heterocycles. The number of piperazine rings is 1. The first-order valence-corrected chi connectivity index (χ1v) is 7.36. The van der Waals surface area contributed by atoms with Gasteiger partial charge < -0.3 is 14.9 Å². The number of fused-ring (bicyclic) bond motifs is 2. The van der Waals surface area contributed by atoms with Gasteiger partial charge in [-0.05, 0) is 31.1 Å². The third-order valence-electron chi connectivity index (χ3n) is 5.13. The van der Waals surface area contributed by atoms with Crippen LogP contribution in [-0.2, 0) is 9.59 Å². The van der Waals surface area contributed by atoms with Crippen LogP contribution in [0.15, 0.2) is 0 Å². The van der Waals surface area contributed by atoms with Gasteiger partial charge in [0.05, 0.1) is 0 Å². The molecule has 1 heterocycles. The van der Waals surface area contributed by atoms with Gasteiger partial charge in [0, 0.05) is 32.1 Å². The molecule has 2 saturated carbocycles. The Hall–Kier alpha value is -1.10. The third-order valence-corrected chi connectivity index (χ3v) is 5.13. The van der Waals surface area contributed by atoms with Crippen LogP contribution in [0.5, 0.6) is 0 Å². The van der Waals surface area contributed by atoms with Crippen LogP contribution >= 0.6 is 0 Å². The highest BCUT2D eigenvalue weighted by Crippen LogP contribution is 2.48.